The molecule has 0 aromatic heterocycles. The number of rotatable bonds is 14. The number of hydrogen-bond acceptors (Lipinski definition) is 23. The molecule has 328 valence electrons. The minimum absolute atomic E-state index is 0.171. The van der Waals surface area contributed by atoms with Crippen LogP contribution in [0, 0.1) is 0 Å². The Balaban J connectivity index is 1.71. The van der Waals surface area contributed by atoms with Gasteiger partial charge in [0.05, 0.1) is 13.2 Å². The van der Waals surface area contributed by atoms with Crippen molar-refractivity contribution in [2.75, 3.05) is 26.4 Å². The Morgan fingerprint density at radius 2 is 0.772 bits per heavy atom. The Hall–Kier alpha value is -2.34. The van der Waals surface area contributed by atoms with E-state index in [0.29, 0.717) is 0 Å². The van der Waals surface area contributed by atoms with Crippen LogP contribution in [0.25, 0.3) is 0 Å². The first-order valence-electron chi connectivity index (χ1n) is 18.1. The molecule has 0 saturated carbocycles. The highest BCUT2D eigenvalue weighted by Gasteiger charge is 2.56. The summed E-state index contributed by atoms with van der Waals surface area (Å²) in [5.74, 6) is -1.66. The van der Waals surface area contributed by atoms with E-state index in [0.717, 1.165) is 0 Å². The highest BCUT2D eigenvalue weighted by molar-refractivity contribution is 5.88. The maximum Gasteiger partial charge on any atom is 0.333 e. The summed E-state index contributed by atoms with van der Waals surface area (Å²) in [6, 6.07) is 0. The molecule has 4 heterocycles. The molecule has 4 aliphatic heterocycles. The van der Waals surface area contributed by atoms with Crippen molar-refractivity contribution in [3.8, 4) is 0 Å². The summed E-state index contributed by atoms with van der Waals surface area (Å²) in [6.07, 6.45) is -35.0. The van der Waals surface area contributed by atoms with Crippen molar-refractivity contribution in [3.63, 3.8) is 0 Å². The first-order chi connectivity index (χ1) is 26.9. The van der Waals surface area contributed by atoms with Crippen molar-refractivity contribution in [2.24, 2.45) is 0 Å². The van der Waals surface area contributed by atoms with Crippen molar-refractivity contribution >= 4 is 11.9 Å². The molecule has 0 unspecified atom stereocenters. The summed E-state index contributed by atoms with van der Waals surface area (Å²) in [5.41, 5.74) is 0.343. The zero-order chi connectivity index (χ0) is 42.5. The Kier molecular flexibility index (Phi) is 17.2. The van der Waals surface area contributed by atoms with E-state index >= 15 is 0 Å². The average molecular weight is 831 g/mol. The smallest absolute Gasteiger partial charge is 0.333 e. The van der Waals surface area contributed by atoms with Crippen LogP contribution >= 0.6 is 0 Å². The topological polar surface area (TPSA) is 360 Å². The van der Waals surface area contributed by atoms with E-state index in [1.807, 2.05) is 0 Å². The van der Waals surface area contributed by atoms with Crippen molar-refractivity contribution in [3.05, 3.63) is 23.3 Å². The summed E-state index contributed by atoms with van der Waals surface area (Å²) in [7, 11) is 0. The highest BCUT2D eigenvalue weighted by atomic mass is 16.8. The van der Waals surface area contributed by atoms with E-state index in [1.165, 1.54) is 26.0 Å². The minimum atomic E-state index is -2.09. The molecule has 0 bridgehead atoms. The highest BCUT2D eigenvalue weighted by Crippen LogP contribution is 2.35. The standard InChI is InChI=1S/C34H54O23/c1-5-11(3)29(47)49-9-15-19(39)23(43)27(55-31-25(45)21(41)17(37)13(7-35)51-31)33(53-15)57-34-28(56-32-26(46)22(42)18(38)14(8-36)52-32)24(44)20(40)16(54-34)10-50-30(48)12(4)6-2/h5-6,13-28,31-46H,7-10H2,1-4H3/b11-5+,12-6+/t13-,14-,15-,16-,17-,18-,19-,20-,21+,22+,23+,24+,25-,26-,27-,28-,31+,32+,33-,34-/m1/s1. The zero-order valence-electron chi connectivity index (χ0n) is 31.4. The number of carbonyl (C=O) groups is 2. The van der Waals surface area contributed by atoms with E-state index in [9.17, 15) is 70.9 Å². The molecule has 0 amide bonds. The molecule has 0 aromatic carbocycles. The molecular weight excluding hydrogens is 776 g/mol. The fourth-order valence-corrected chi connectivity index (χ4v) is 6.18. The molecule has 57 heavy (non-hydrogen) atoms. The van der Waals surface area contributed by atoms with Gasteiger partial charge in [-0.1, -0.05) is 12.2 Å². The first-order valence-corrected chi connectivity index (χ1v) is 18.1. The molecule has 23 nitrogen and oxygen atoms in total. The number of hydrogen-bond donors (Lipinski definition) is 12. The van der Waals surface area contributed by atoms with Crippen LogP contribution in [-0.2, 0) is 52.2 Å². The van der Waals surface area contributed by atoms with Gasteiger partial charge in [0.25, 0.3) is 0 Å². The van der Waals surface area contributed by atoms with Crippen LogP contribution in [-0.4, -0.2) is 222 Å². The van der Waals surface area contributed by atoms with Gasteiger partial charge in [-0.05, 0) is 27.7 Å². The van der Waals surface area contributed by atoms with E-state index in [1.54, 1.807) is 13.8 Å². The zero-order valence-corrected chi connectivity index (χ0v) is 31.4. The summed E-state index contributed by atoms with van der Waals surface area (Å²) < 4.78 is 50.5. The molecule has 4 aliphatic rings. The quantitative estimate of drug-likeness (QED) is 0.0572. The van der Waals surface area contributed by atoms with E-state index in [-0.39, 0.29) is 11.1 Å². The second-order valence-electron chi connectivity index (χ2n) is 13.9. The van der Waals surface area contributed by atoms with Crippen LogP contribution in [0.3, 0.4) is 0 Å². The van der Waals surface area contributed by atoms with Crippen LogP contribution in [0.2, 0.25) is 0 Å². The third-order valence-corrected chi connectivity index (χ3v) is 10.1. The largest absolute Gasteiger partial charge is 0.459 e. The molecule has 12 N–H and O–H groups in total. The third kappa shape index (κ3) is 10.7. The summed E-state index contributed by atoms with van der Waals surface area (Å²) in [5, 5.41) is 127. The first kappa shape index (κ1) is 47.3. The van der Waals surface area contributed by atoms with Crippen molar-refractivity contribution in [2.45, 2.75) is 151 Å². The van der Waals surface area contributed by atoms with Gasteiger partial charge in [0.2, 0.25) is 0 Å². The third-order valence-electron chi connectivity index (χ3n) is 10.1. The normalized spacial score (nSPS) is 44.7. The van der Waals surface area contributed by atoms with Gasteiger partial charge < -0.3 is 104 Å². The Labute approximate surface area is 325 Å². The average Bonchev–Trinajstić information content (AvgIpc) is 3.20. The Morgan fingerprint density at radius 3 is 1.09 bits per heavy atom. The van der Waals surface area contributed by atoms with Crippen LogP contribution in [0.5, 0.6) is 0 Å². The van der Waals surface area contributed by atoms with Gasteiger partial charge in [-0.2, -0.15) is 0 Å². The molecule has 4 saturated heterocycles. The lowest BCUT2D eigenvalue weighted by molar-refractivity contribution is -0.414. The van der Waals surface area contributed by atoms with Gasteiger partial charge >= 0.3 is 11.9 Å². The van der Waals surface area contributed by atoms with Gasteiger partial charge in [0.1, 0.15) is 111 Å². The van der Waals surface area contributed by atoms with Crippen molar-refractivity contribution in [1.82, 2.24) is 0 Å². The fourth-order valence-electron chi connectivity index (χ4n) is 6.18. The van der Waals surface area contributed by atoms with Crippen molar-refractivity contribution < 1.29 is 113 Å². The van der Waals surface area contributed by atoms with E-state index in [2.05, 4.69) is 0 Å². The SMILES string of the molecule is C/C=C(\C)C(=O)OC[C@H]1O[C@H](O[C@H]2O[C@H](COC(=O)/C(C)=C/C)[C@@H](O)[C@H](O)[C@H]2O[C@@H]2O[C@H](CO)[C@@H](O)[C@H](O)[C@H]2O)[C@H](O[C@@H]2O[C@H](CO)[C@@H](O)[C@H](O)[C@H]2O)[C@@H](O)[C@@H]1O. The predicted molar refractivity (Wildman–Crippen MR) is 180 cm³/mol. The molecular formula is C34H54O23. The summed E-state index contributed by atoms with van der Waals surface area (Å²) in [4.78, 5) is 24.9. The van der Waals surface area contributed by atoms with E-state index < -0.39 is 161 Å². The Morgan fingerprint density at radius 1 is 0.456 bits per heavy atom. The molecule has 4 fully saturated rings. The number of aliphatic hydroxyl groups excluding tert-OH is 12. The molecule has 0 radical (unpaired) electrons. The molecule has 20 atom stereocenters. The van der Waals surface area contributed by atoms with Gasteiger partial charge in [-0.3, -0.25) is 0 Å². The monoisotopic (exact) mass is 830 g/mol. The maximum absolute atomic E-state index is 12.4. The molecule has 0 aromatic rings. The van der Waals surface area contributed by atoms with Gasteiger partial charge in [-0.25, -0.2) is 9.59 Å². The van der Waals surface area contributed by atoms with Crippen LogP contribution in [0.15, 0.2) is 23.3 Å². The lowest BCUT2D eigenvalue weighted by atomic mass is 9.96. The molecule has 0 aliphatic carbocycles. The second-order valence-corrected chi connectivity index (χ2v) is 13.9. The Bertz CT molecular complexity index is 1280. The maximum atomic E-state index is 12.4. The number of ether oxygens (including phenoxy) is 9. The molecule has 4 rings (SSSR count). The summed E-state index contributed by atoms with van der Waals surface area (Å²) >= 11 is 0. The number of allylic oxidation sites excluding steroid dienone is 2. The lowest BCUT2D eigenvalue weighted by Crippen LogP contribution is -2.67. The molecule has 0 spiro atoms. The van der Waals surface area contributed by atoms with Gasteiger partial charge in [-0.15, -0.1) is 0 Å². The van der Waals surface area contributed by atoms with Crippen LogP contribution in [0.4, 0.5) is 0 Å². The van der Waals surface area contributed by atoms with Crippen LogP contribution < -0.4 is 0 Å². The second kappa shape index (κ2) is 20.8. The van der Waals surface area contributed by atoms with Crippen molar-refractivity contribution in [1.29, 1.82) is 0 Å². The molecule has 23 heteroatoms. The van der Waals surface area contributed by atoms with E-state index in [4.69, 9.17) is 42.6 Å². The number of esters is 2. The lowest BCUT2D eigenvalue weighted by Gasteiger charge is -2.49. The number of aliphatic hydroxyl groups is 12. The predicted octanol–water partition coefficient (Wildman–Crippen LogP) is -6.71. The summed E-state index contributed by atoms with van der Waals surface area (Å²) in [6.45, 7) is 2.83. The van der Waals surface area contributed by atoms with Gasteiger partial charge in [0.15, 0.2) is 25.2 Å². The van der Waals surface area contributed by atoms with Crippen LogP contribution in [0.1, 0.15) is 27.7 Å². The van der Waals surface area contributed by atoms with Gasteiger partial charge in [0, 0.05) is 11.1 Å². The number of carbonyl (C=O) groups excluding carboxylic acids is 2. The minimum Gasteiger partial charge on any atom is -0.459 e. The fraction of sp³-hybridized carbons (Fsp3) is 0.824.